The van der Waals surface area contributed by atoms with Gasteiger partial charge in [0.15, 0.2) is 0 Å². The lowest BCUT2D eigenvalue weighted by Gasteiger charge is -2.50. The van der Waals surface area contributed by atoms with Crippen molar-refractivity contribution in [1.29, 1.82) is 0 Å². The van der Waals surface area contributed by atoms with Gasteiger partial charge in [0, 0.05) is 88.0 Å². The third-order valence-corrected chi connectivity index (χ3v) is 13.9. The molecule has 10 rings (SSSR count). The Kier molecular flexibility index (Phi) is 9.82. The summed E-state index contributed by atoms with van der Waals surface area (Å²) in [6, 6.07) is 14.3. The van der Waals surface area contributed by atoms with Gasteiger partial charge in [-0.25, -0.2) is 15.0 Å². The molecule has 5 fully saturated rings. The minimum Gasteiger partial charge on any atom is -0.488 e. The van der Waals surface area contributed by atoms with Crippen molar-refractivity contribution in [2.75, 3.05) is 68.7 Å². The fourth-order valence-corrected chi connectivity index (χ4v) is 10.1. The molecule has 14 nitrogen and oxygen atoms in total. The summed E-state index contributed by atoms with van der Waals surface area (Å²) in [6.07, 6.45) is 11.2. The largest absolute Gasteiger partial charge is 0.488 e. The van der Waals surface area contributed by atoms with Crippen LogP contribution in [-0.2, 0) is 9.59 Å². The third kappa shape index (κ3) is 7.88. The van der Waals surface area contributed by atoms with E-state index in [0.717, 1.165) is 123 Å². The summed E-state index contributed by atoms with van der Waals surface area (Å²) >= 11 is 0. The van der Waals surface area contributed by atoms with Gasteiger partial charge in [-0.3, -0.25) is 29.8 Å². The number of piperidine rings is 3. The number of nitrogens with zero attached hydrogens (tertiary/aromatic N) is 9. The number of H-pyrrole nitrogens is 1. The van der Waals surface area contributed by atoms with Crippen LogP contribution in [0.1, 0.15) is 78.2 Å². The molecule has 1 unspecified atom stereocenters. The number of benzene rings is 2. The summed E-state index contributed by atoms with van der Waals surface area (Å²) in [4.78, 5) is 48.6. The average molecular weight is 800 g/mol. The highest BCUT2D eigenvalue weighted by molar-refractivity contribution is 6.00. The highest BCUT2D eigenvalue weighted by Gasteiger charge is 2.40. The molecule has 0 radical (unpaired) electrons. The van der Waals surface area contributed by atoms with E-state index >= 15 is 0 Å². The van der Waals surface area contributed by atoms with E-state index < -0.39 is 6.04 Å². The molecule has 59 heavy (non-hydrogen) atoms. The Bertz CT molecular complexity index is 2350. The fourth-order valence-electron chi connectivity index (χ4n) is 10.1. The minimum absolute atomic E-state index is 0.0343. The standard InChI is InChI=1S/C45H57N11O3/c1-44(2)27-52(25-30-10-16-53(17-11-30)32-4-7-38-36(22-32)48-29-56(38)39-8-9-41(57)49-43(39)58)20-21-55(44)26-31-12-18-54(19-13-31)40-24-37(46-28-47-40)42-34-23-33(59-45(3)14-15-45)5-6-35(34)50-51-42/h4-7,22-24,28-31,39H,8-21,25-27H2,1-3H3,(H,50,51)(H,49,57,58). The quantitative estimate of drug-likeness (QED) is 0.166. The van der Waals surface area contributed by atoms with E-state index in [-0.39, 0.29) is 23.0 Å². The number of carbonyl (C=O) groups excluding carboxylic acids is 2. The first-order valence-corrected chi connectivity index (χ1v) is 21.8. The molecule has 2 aromatic carbocycles. The smallest absolute Gasteiger partial charge is 0.249 e. The SMILES string of the molecule is CC1(Oc2ccc3[nH]nc(-c4cc(N5CCC(CN6CCN(CC7CCN(c8ccc9c(c8)ncn9C8CCC(=O)NC8=O)CC7)CC6(C)C)CC5)ncn4)c3c2)CC1. The summed E-state index contributed by atoms with van der Waals surface area (Å²) in [5.41, 5.74) is 5.77. The number of fused-ring (bicyclic) bond motifs is 2. The molecular weight excluding hydrogens is 743 g/mol. The number of nitrogens with one attached hydrogen (secondary N) is 2. The monoisotopic (exact) mass is 799 g/mol. The Morgan fingerprint density at radius 3 is 2.36 bits per heavy atom. The van der Waals surface area contributed by atoms with Crippen molar-refractivity contribution in [2.24, 2.45) is 11.8 Å². The van der Waals surface area contributed by atoms with Gasteiger partial charge in [0.1, 0.15) is 35.2 Å². The number of imide groups is 1. The Morgan fingerprint density at radius 1 is 0.814 bits per heavy atom. The molecule has 5 aromatic rings. The second-order valence-corrected chi connectivity index (χ2v) is 18.7. The van der Waals surface area contributed by atoms with E-state index in [1.54, 1.807) is 12.7 Å². The normalized spacial score (nSPS) is 23.3. The Morgan fingerprint density at radius 2 is 1.59 bits per heavy atom. The van der Waals surface area contributed by atoms with Crippen molar-refractivity contribution in [2.45, 2.75) is 89.3 Å². The second-order valence-electron chi connectivity index (χ2n) is 18.7. The van der Waals surface area contributed by atoms with Crippen LogP contribution in [0.25, 0.3) is 33.3 Å². The van der Waals surface area contributed by atoms with Crippen LogP contribution in [0, 0.1) is 11.8 Å². The lowest BCUT2D eigenvalue weighted by molar-refractivity contribution is -0.135. The first-order chi connectivity index (χ1) is 28.6. The number of imidazole rings is 1. The van der Waals surface area contributed by atoms with E-state index in [0.29, 0.717) is 24.7 Å². The molecule has 1 aliphatic carbocycles. The number of aromatic nitrogens is 6. The fraction of sp³-hybridized carbons (Fsp3) is 0.556. The maximum absolute atomic E-state index is 12.5. The zero-order chi connectivity index (χ0) is 40.3. The second kappa shape index (κ2) is 15.2. The van der Waals surface area contributed by atoms with Crippen LogP contribution in [0.3, 0.4) is 0 Å². The number of hydrogen-bond acceptors (Lipinski definition) is 11. The molecule has 2 N–H and O–H groups in total. The molecule has 3 aromatic heterocycles. The van der Waals surface area contributed by atoms with Crippen LogP contribution in [0.5, 0.6) is 5.75 Å². The molecule has 1 saturated carbocycles. The van der Waals surface area contributed by atoms with E-state index in [2.05, 4.69) is 96.2 Å². The molecular formula is C45H57N11O3. The van der Waals surface area contributed by atoms with Crippen LogP contribution in [-0.4, -0.2) is 121 Å². The van der Waals surface area contributed by atoms with Gasteiger partial charge in [-0.2, -0.15) is 5.10 Å². The van der Waals surface area contributed by atoms with Gasteiger partial charge in [-0.1, -0.05) is 0 Å². The van der Waals surface area contributed by atoms with E-state index in [1.165, 1.54) is 25.1 Å². The van der Waals surface area contributed by atoms with Gasteiger partial charge in [0.05, 0.1) is 28.6 Å². The predicted octanol–water partition coefficient (Wildman–Crippen LogP) is 5.81. The molecule has 4 saturated heterocycles. The van der Waals surface area contributed by atoms with Crippen molar-refractivity contribution in [3.8, 4) is 17.1 Å². The molecule has 5 aliphatic rings. The van der Waals surface area contributed by atoms with Gasteiger partial charge in [0.25, 0.3) is 0 Å². The number of anilines is 2. The highest BCUT2D eigenvalue weighted by Crippen LogP contribution is 2.41. The molecule has 4 aliphatic heterocycles. The van der Waals surface area contributed by atoms with Crippen LogP contribution >= 0.6 is 0 Å². The van der Waals surface area contributed by atoms with Crippen LogP contribution < -0.4 is 19.9 Å². The first kappa shape index (κ1) is 38.1. The number of aromatic amines is 1. The average Bonchev–Trinajstić information content (AvgIpc) is 3.59. The highest BCUT2D eigenvalue weighted by atomic mass is 16.5. The zero-order valence-corrected chi connectivity index (χ0v) is 34.7. The van der Waals surface area contributed by atoms with Crippen molar-refractivity contribution in [1.82, 2.24) is 44.8 Å². The molecule has 14 heteroatoms. The molecule has 2 amide bonds. The number of carbonyl (C=O) groups is 2. The number of amides is 2. The minimum atomic E-state index is -0.392. The Labute approximate surface area is 345 Å². The van der Waals surface area contributed by atoms with E-state index in [4.69, 9.17) is 9.72 Å². The van der Waals surface area contributed by atoms with Gasteiger partial charge < -0.3 is 19.1 Å². The molecule has 7 heterocycles. The summed E-state index contributed by atoms with van der Waals surface area (Å²) < 4.78 is 8.17. The Hall–Kier alpha value is -5.08. The van der Waals surface area contributed by atoms with Gasteiger partial charge in [-0.15, -0.1) is 0 Å². The zero-order valence-electron chi connectivity index (χ0n) is 34.7. The van der Waals surface area contributed by atoms with Crippen molar-refractivity contribution in [3.63, 3.8) is 0 Å². The lowest BCUT2D eigenvalue weighted by Crippen LogP contribution is -2.61. The Balaban J connectivity index is 0.691. The third-order valence-electron chi connectivity index (χ3n) is 13.9. The van der Waals surface area contributed by atoms with Crippen molar-refractivity contribution in [3.05, 3.63) is 55.1 Å². The number of hydrogen-bond donors (Lipinski definition) is 2. The number of ether oxygens (including phenoxy) is 1. The number of piperazine rings is 1. The molecule has 1 atom stereocenters. The van der Waals surface area contributed by atoms with E-state index in [9.17, 15) is 9.59 Å². The van der Waals surface area contributed by atoms with Crippen LogP contribution in [0.4, 0.5) is 11.5 Å². The van der Waals surface area contributed by atoms with Crippen LogP contribution in [0.15, 0.2) is 55.1 Å². The summed E-state index contributed by atoms with van der Waals surface area (Å²) in [5.74, 6) is 2.79. The maximum atomic E-state index is 12.5. The van der Waals surface area contributed by atoms with Crippen molar-refractivity contribution >= 4 is 45.3 Å². The van der Waals surface area contributed by atoms with Gasteiger partial charge in [-0.05, 0) is 114 Å². The summed E-state index contributed by atoms with van der Waals surface area (Å²) in [7, 11) is 0. The molecule has 310 valence electrons. The van der Waals surface area contributed by atoms with Crippen LogP contribution in [0.2, 0.25) is 0 Å². The predicted molar refractivity (Wildman–Crippen MR) is 229 cm³/mol. The van der Waals surface area contributed by atoms with Crippen molar-refractivity contribution < 1.29 is 14.3 Å². The summed E-state index contributed by atoms with van der Waals surface area (Å²) in [5, 5.41) is 11.3. The first-order valence-electron chi connectivity index (χ1n) is 21.8. The summed E-state index contributed by atoms with van der Waals surface area (Å²) in [6.45, 7) is 16.8. The maximum Gasteiger partial charge on any atom is 0.249 e. The topological polar surface area (TPSA) is 141 Å². The van der Waals surface area contributed by atoms with E-state index in [1.807, 2.05) is 16.7 Å². The number of rotatable bonds is 10. The lowest BCUT2D eigenvalue weighted by atomic mass is 9.90. The van der Waals surface area contributed by atoms with Gasteiger partial charge >= 0.3 is 0 Å². The van der Waals surface area contributed by atoms with Gasteiger partial charge in [0.2, 0.25) is 11.8 Å². The molecule has 0 spiro atoms. The molecule has 0 bridgehead atoms.